The van der Waals surface area contributed by atoms with Crippen LogP contribution in [-0.2, 0) is 24.3 Å². The largest absolute Gasteiger partial charge is 0.377 e. The van der Waals surface area contributed by atoms with Gasteiger partial charge in [-0.2, -0.15) is 5.10 Å². The van der Waals surface area contributed by atoms with Crippen molar-refractivity contribution in [2.24, 2.45) is 0 Å². The van der Waals surface area contributed by atoms with Gasteiger partial charge in [-0.15, -0.1) is 0 Å². The maximum Gasteiger partial charge on any atom is 0.315 e. The van der Waals surface area contributed by atoms with Gasteiger partial charge < -0.3 is 15.4 Å². The number of carbonyl (C=O) groups is 1. The third kappa shape index (κ3) is 3.24. The SMILES string of the molecule is COCc1nc2n(n1)CCC[C@@H]2NC(=O)N[C@@H]1CCc2ccccc21. The van der Waals surface area contributed by atoms with Crippen molar-refractivity contribution < 1.29 is 9.53 Å². The normalized spacial score (nSPS) is 21.5. The second-order valence-corrected chi connectivity index (χ2v) is 6.65. The summed E-state index contributed by atoms with van der Waals surface area (Å²) in [6.07, 6.45) is 3.81. The molecule has 2 amide bonds. The lowest BCUT2D eigenvalue weighted by Gasteiger charge is -2.24. The molecule has 4 rings (SSSR count). The Hall–Kier alpha value is -2.41. The van der Waals surface area contributed by atoms with Crippen LogP contribution in [0.2, 0.25) is 0 Å². The summed E-state index contributed by atoms with van der Waals surface area (Å²) in [4.78, 5) is 17.0. The molecule has 132 valence electrons. The van der Waals surface area contributed by atoms with Gasteiger partial charge in [0.15, 0.2) is 5.82 Å². The molecule has 1 aliphatic carbocycles. The first-order valence-corrected chi connectivity index (χ1v) is 8.82. The molecular formula is C18H23N5O2. The van der Waals surface area contributed by atoms with E-state index in [0.717, 1.165) is 38.1 Å². The van der Waals surface area contributed by atoms with Crippen LogP contribution in [-0.4, -0.2) is 27.9 Å². The number of hydrogen-bond donors (Lipinski definition) is 2. The second-order valence-electron chi connectivity index (χ2n) is 6.65. The van der Waals surface area contributed by atoms with E-state index in [4.69, 9.17) is 4.74 Å². The smallest absolute Gasteiger partial charge is 0.315 e. The zero-order valence-corrected chi connectivity index (χ0v) is 14.4. The van der Waals surface area contributed by atoms with Crippen molar-refractivity contribution >= 4 is 6.03 Å². The zero-order chi connectivity index (χ0) is 17.2. The van der Waals surface area contributed by atoms with Crippen molar-refractivity contribution in [1.82, 2.24) is 25.4 Å². The van der Waals surface area contributed by atoms with Gasteiger partial charge in [-0.25, -0.2) is 14.5 Å². The van der Waals surface area contributed by atoms with Crippen LogP contribution in [0.15, 0.2) is 24.3 Å². The van der Waals surface area contributed by atoms with Crippen LogP contribution in [0.25, 0.3) is 0 Å². The number of nitrogens with one attached hydrogen (secondary N) is 2. The summed E-state index contributed by atoms with van der Waals surface area (Å²) in [6, 6.07) is 8.14. The molecule has 0 unspecified atom stereocenters. The first-order valence-electron chi connectivity index (χ1n) is 8.82. The number of methoxy groups -OCH3 is 1. The molecule has 0 radical (unpaired) electrons. The zero-order valence-electron chi connectivity index (χ0n) is 14.4. The van der Waals surface area contributed by atoms with Crippen LogP contribution in [0.1, 0.15) is 54.1 Å². The van der Waals surface area contributed by atoms with Crippen LogP contribution >= 0.6 is 0 Å². The summed E-state index contributed by atoms with van der Waals surface area (Å²) in [5.41, 5.74) is 2.56. The highest BCUT2D eigenvalue weighted by atomic mass is 16.5. The molecule has 7 nitrogen and oxygen atoms in total. The van der Waals surface area contributed by atoms with Gasteiger partial charge in [0.25, 0.3) is 0 Å². The molecule has 0 bridgehead atoms. The molecule has 2 aliphatic rings. The molecule has 2 atom stereocenters. The maximum absolute atomic E-state index is 12.5. The minimum Gasteiger partial charge on any atom is -0.377 e. The van der Waals surface area contributed by atoms with E-state index in [0.29, 0.717) is 12.4 Å². The Bertz CT molecular complexity index is 773. The van der Waals surface area contributed by atoms with E-state index >= 15 is 0 Å². The van der Waals surface area contributed by atoms with E-state index in [1.165, 1.54) is 11.1 Å². The van der Waals surface area contributed by atoms with Crippen molar-refractivity contribution in [2.75, 3.05) is 7.11 Å². The fourth-order valence-electron chi connectivity index (χ4n) is 3.79. The first-order chi connectivity index (χ1) is 12.2. The van der Waals surface area contributed by atoms with Crippen molar-refractivity contribution in [3.05, 3.63) is 47.0 Å². The fraction of sp³-hybridized carbons (Fsp3) is 0.500. The Morgan fingerprint density at radius 2 is 2.12 bits per heavy atom. The summed E-state index contributed by atoms with van der Waals surface area (Å²) in [5.74, 6) is 1.48. The number of carbonyl (C=O) groups excluding carboxylic acids is 1. The lowest BCUT2D eigenvalue weighted by Crippen LogP contribution is -2.41. The number of amides is 2. The monoisotopic (exact) mass is 341 g/mol. The summed E-state index contributed by atoms with van der Waals surface area (Å²) >= 11 is 0. The van der Waals surface area contributed by atoms with Crippen LogP contribution < -0.4 is 10.6 Å². The molecule has 2 heterocycles. The average Bonchev–Trinajstić information content (AvgIpc) is 3.20. The number of urea groups is 1. The van der Waals surface area contributed by atoms with Gasteiger partial charge in [-0.05, 0) is 36.8 Å². The van der Waals surface area contributed by atoms with Gasteiger partial charge in [0.05, 0.1) is 12.1 Å². The molecular weight excluding hydrogens is 318 g/mol. The maximum atomic E-state index is 12.5. The van der Waals surface area contributed by atoms with Gasteiger partial charge >= 0.3 is 6.03 Å². The Labute approximate surface area is 146 Å². The molecule has 1 aromatic heterocycles. The lowest BCUT2D eigenvalue weighted by atomic mass is 10.1. The number of aromatic nitrogens is 3. The van der Waals surface area contributed by atoms with Gasteiger partial charge in [0, 0.05) is 13.7 Å². The highest BCUT2D eigenvalue weighted by Crippen LogP contribution is 2.31. The van der Waals surface area contributed by atoms with Crippen LogP contribution in [0.3, 0.4) is 0 Å². The fourth-order valence-corrected chi connectivity index (χ4v) is 3.79. The second kappa shape index (κ2) is 6.84. The van der Waals surface area contributed by atoms with E-state index < -0.39 is 0 Å². The summed E-state index contributed by atoms with van der Waals surface area (Å²) in [7, 11) is 1.63. The average molecular weight is 341 g/mol. The van der Waals surface area contributed by atoms with Crippen molar-refractivity contribution in [2.45, 2.75) is 50.9 Å². The highest BCUT2D eigenvalue weighted by Gasteiger charge is 2.28. The third-order valence-corrected chi connectivity index (χ3v) is 4.94. The van der Waals surface area contributed by atoms with E-state index in [9.17, 15) is 4.79 Å². The van der Waals surface area contributed by atoms with E-state index in [2.05, 4.69) is 32.8 Å². The van der Waals surface area contributed by atoms with Crippen LogP contribution in [0.4, 0.5) is 4.79 Å². The molecule has 0 spiro atoms. The predicted molar refractivity (Wildman–Crippen MR) is 91.9 cm³/mol. The Morgan fingerprint density at radius 3 is 3.00 bits per heavy atom. The summed E-state index contributed by atoms with van der Waals surface area (Å²) < 4.78 is 6.99. The molecule has 2 aromatic rings. The van der Waals surface area contributed by atoms with E-state index in [-0.39, 0.29) is 18.1 Å². The first kappa shape index (κ1) is 16.1. The molecule has 7 heteroatoms. The van der Waals surface area contributed by atoms with Gasteiger partial charge in [0.1, 0.15) is 12.4 Å². The van der Waals surface area contributed by atoms with Gasteiger partial charge in [-0.1, -0.05) is 24.3 Å². The Balaban J connectivity index is 1.42. The van der Waals surface area contributed by atoms with E-state index in [1.807, 2.05) is 16.8 Å². The minimum atomic E-state index is -0.142. The van der Waals surface area contributed by atoms with Gasteiger partial charge in [-0.3, -0.25) is 0 Å². The quantitative estimate of drug-likeness (QED) is 0.894. The van der Waals surface area contributed by atoms with Crippen molar-refractivity contribution in [3.8, 4) is 0 Å². The van der Waals surface area contributed by atoms with Crippen molar-refractivity contribution in [3.63, 3.8) is 0 Å². The summed E-state index contributed by atoms with van der Waals surface area (Å²) in [5, 5.41) is 10.6. The Kier molecular flexibility index (Phi) is 4.40. The molecule has 2 N–H and O–H groups in total. The van der Waals surface area contributed by atoms with Crippen molar-refractivity contribution in [1.29, 1.82) is 0 Å². The predicted octanol–water partition coefficient (Wildman–Crippen LogP) is 2.25. The number of hydrogen-bond acceptors (Lipinski definition) is 4. The minimum absolute atomic E-state index is 0.0849. The molecule has 0 saturated carbocycles. The molecule has 0 saturated heterocycles. The number of ether oxygens (including phenoxy) is 1. The van der Waals surface area contributed by atoms with Gasteiger partial charge in [0.2, 0.25) is 0 Å². The number of rotatable bonds is 4. The lowest BCUT2D eigenvalue weighted by molar-refractivity contribution is 0.177. The summed E-state index contributed by atoms with van der Waals surface area (Å²) in [6.45, 7) is 1.22. The number of aryl methyl sites for hydroxylation is 2. The highest BCUT2D eigenvalue weighted by molar-refractivity contribution is 5.75. The number of fused-ring (bicyclic) bond motifs is 2. The van der Waals surface area contributed by atoms with Crippen LogP contribution in [0.5, 0.6) is 0 Å². The van der Waals surface area contributed by atoms with E-state index in [1.54, 1.807) is 7.11 Å². The molecule has 1 aromatic carbocycles. The molecule has 25 heavy (non-hydrogen) atoms. The molecule has 1 aliphatic heterocycles. The standard InChI is InChI=1S/C18H23N5O2/c1-25-11-16-21-17-15(7-4-10-23(17)22-16)20-18(24)19-14-9-8-12-5-2-3-6-13(12)14/h2-3,5-6,14-15H,4,7-11H2,1H3,(H2,19,20,24)/t14-,15+/m1/s1. The number of benzene rings is 1. The molecule has 0 fully saturated rings. The number of nitrogens with zero attached hydrogens (tertiary/aromatic N) is 3. The Morgan fingerprint density at radius 1 is 1.28 bits per heavy atom. The third-order valence-electron chi connectivity index (χ3n) is 4.94. The topological polar surface area (TPSA) is 81.1 Å². The van der Waals surface area contributed by atoms with Crippen LogP contribution in [0, 0.1) is 0 Å².